The van der Waals surface area contributed by atoms with Crippen molar-refractivity contribution in [2.24, 2.45) is 0 Å². The number of amides is 2. The van der Waals surface area contributed by atoms with Crippen LogP contribution < -0.4 is 9.64 Å². The summed E-state index contributed by atoms with van der Waals surface area (Å²) in [5.74, 6) is -0.900. The van der Waals surface area contributed by atoms with Crippen molar-refractivity contribution < 1.29 is 19.1 Å². The zero-order valence-corrected chi connectivity index (χ0v) is 16.3. The average Bonchev–Trinajstić information content (AvgIpc) is 2.98. The van der Waals surface area contributed by atoms with Crippen LogP contribution in [0.1, 0.15) is 36.6 Å². The predicted octanol–water partition coefficient (Wildman–Crippen LogP) is 4.71. The minimum atomic E-state index is -0.456. The molecule has 0 spiro atoms. The normalized spacial score (nSPS) is 12.8. The van der Waals surface area contributed by atoms with Crippen LogP contribution >= 0.6 is 11.6 Å². The predicted molar refractivity (Wildman–Crippen MR) is 110 cm³/mol. The molecule has 3 aromatic rings. The molecule has 0 bridgehead atoms. The van der Waals surface area contributed by atoms with E-state index in [1.54, 1.807) is 48.5 Å². The van der Waals surface area contributed by atoms with Gasteiger partial charge in [0.1, 0.15) is 5.75 Å². The molecule has 0 fully saturated rings. The number of Topliss-reactive ketones (excluding diaryl/α,β-unsaturated/α-hetero) is 1. The van der Waals surface area contributed by atoms with Gasteiger partial charge in [0, 0.05) is 10.6 Å². The summed E-state index contributed by atoms with van der Waals surface area (Å²) >= 11 is 6.10. The smallest absolute Gasteiger partial charge is 0.266 e. The lowest BCUT2D eigenvalue weighted by Crippen LogP contribution is -2.30. The van der Waals surface area contributed by atoms with Crippen molar-refractivity contribution in [1.82, 2.24) is 0 Å². The molecule has 0 N–H and O–H groups in total. The van der Waals surface area contributed by atoms with E-state index in [-0.39, 0.29) is 23.8 Å². The summed E-state index contributed by atoms with van der Waals surface area (Å²) in [7, 11) is 0. The Morgan fingerprint density at radius 3 is 2.17 bits per heavy atom. The summed E-state index contributed by atoms with van der Waals surface area (Å²) < 4.78 is 5.69. The van der Waals surface area contributed by atoms with Gasteiger partial charge in [-0.25, -0.2) is 4.90 Å². The second kappa shape index (κ2) is 7.53. The van der Waals surface area contributed by atoms with Gasteiger partial charge >= 0.3 is 0 Å². The van der Waals surface area contributed by atoms with E-state index in [9.17, 15) is 14.4 Å². The van der Waals surface area contributed by atoms with Crippen LogP contribution in [-0.2, 0) is 0 Å². The number of hydrogen-bond acceptors (Lipinski definition) is 4. The number of benzene rings is 3. The maximum Gasteiger partial charge on any atom is 0.266 e. The van der Waals surface area contributed by atoms with Crippen LogP contribution in [0.15, 0.2) is 66.7 Å². The maximum atomic E-state index is 12.8. The molecular formula is C23H16ClNO4. The molecule has 0 unspecified atom stereocenters. The molecule has 0 radical (unpaired) electrons. The second-order valence-corrected chi connectivity index (χ2v) is 7.12. The van der Waals surface area contributed by atoms with Crippen LogP contribution in [-0.4, -0.2) is 24.2 Å². The number of imide groups is 1. The van der Waals surface area contributed by atoms with Crippen LogP contribution in [0.5, 0.6) is 5.75 Å². The highest BCUT2D eigenvalue weighted by Gasteiger charge is 2.38. The van der Waals surface area contributed by atoms with Gasteiger partial charge in [0.25, 0.3) is 11.8 Å². The first kappa shape index (κ1) is 18.9. The fourth-order valence-electron chi connectivity index (χ4n) is 3.16. The molecule has 0 saturated heterocycles. The number of ether oxygens (including phenoxy) is 1. The molecule has 4 rings (SSSR count). The molecule has 0 aliphatic carbocycles. The third-order valence-electron chi connectivity index (χ3n) is 4.69. The first-order valence-electron chi connectivity index (χ1n) is 8.96. The number of rotatable bonds is 5. The summed E-state index contributed by atoms with van der Waals surface area (Å²) in [6, 6.07) is 18.4. The average molecular weight is 406 g/mol. The van der Waals surface area contributed by atoms with Gasteiger partial charge in [-0.1, -0.05) is 53.6 Å². The van der Waals surface area contributed by atoms with Crippen molar-refractivity contribution in [3.63, 3.8) is 0 Å². The molecule has 2 amide bonds. The topological polar surface area (TPSA) is 63.7 Å². The van der Waals surface area contributed by atoms with Crippen LogP contribution in [0.25, 0.3) is 0 Å². The zero-order valence-electron chi connectivity index (χ0n) is 15.5. The number of hydrogen-bond donors (Lipinski definition) is 0. The number of carbonyl (C=O) groups is 3. The highest BCUT2D eigenvalue weighted by atomic mass is 35.5. The number of carbonyl (C=O) groups excluding carboxylic acids is 3. The fraction of sp³-hybridized carbons (Fsp3) is 0.0870. The summed E-state index contributed by atoms with van der Waals surface area (Å²) in [4.78, 5) is 39.1. The number of fused-ring (bicyclic) bond motifs is 1. The lowest BCUT2D eigenvalue weighted by Gasteiger charge is -2.18. The Labute approximate surface area is 172 Å². The molecule has 0 saturated carbocycles. The Hall–Kier alpha value is -3.44. The zero-order chi connectivity index (χ0) is 20.5. The number of nitrogens with zero attached hydrogens (tertiary/aromatic N) is 1. The third kappa shape index (κ3) is 3.52. The van der Waals surface area contributed by atoms with Gasteiger partial charge in [-0.2, -0.15) is 0 Å². The Kier molecular flexibility index (Phi) is 4.91. The quantitative estimate of drug-likeness (QED) is 0.455. The van der Waals surface area contributed by atoms with Crippen molar-refractivity contribution in [2.75, 3.05) is 11.5 Å². The SMILES string of the molecule is Cc1ccc(C(=O)COc2ccc(Cl)cc2N2C(=O)c3ccccc3C2=O)cc1. The fourth-order valence-corrected chi connectivity index (χ4v) is 3.33. The molecule has 1 aliphatic heterocycles. The minimum Gasteiger partial charge on any atom is -0.483 e. The second-order valence-electron chi connectivity index (χ2n) is 6.68. The van der Waals surface area contributed by atoms with Crippen molar-refractivity contribution in [2.45, 2.75) is 6.92 Å². The van der Waals surface area contributed by atoms with E-state index in [2.05, 4.69) is 0 Å². The number of anilines is 1. The third-order valence-corrected chi connectivity index (χ3v) is 4.92. The first-order chi connectivity index (χ1) is 14.0. The maximum absolute atomic E-state index is 12.8. The Bertz CT molecular complexity index is 1100. The van der Waals surface area contributed by atoms with E-state index in [0.717, 1.165) is 10.5 Å². The molecule has 3 aromatic carbocycles. The van der Waals surface area contributed by atoms with Crippen LogP contribution in [0.3, 0.4) is 0 Å². The summed E-state index contributed by atoms with van der Waals surface area (Å²) in [5.41, 5.74) is 2.42. The van der Waals surface area contributed by atoms with Crippen LogP contribution in [0.2, 0.25) is 5.02 Å². The van der Waals surface area contributed by atoms with Crippen molar-refractivity contribution in [3.8, 4) is 5.75 Å². The molecule has 6 heteroatoms. The van der Waals surface area contributed by atoms with Gasteiger partial charge in [-0.3, -0.25) is 14.4 Å². The Balaban J connectivity index is 1.62. The summed E-state index contributed by atoms with van der Waals surface area (Å²) in [6.45, 7) is 1.70. The Morgan fingerprint density at radius 1 is 0.931 bits per heavy atom. The van der Waals surface area contributed by atoms with Crippen LogP contribution in [0.4, 0.5) is 5.69 Å². The van der Waals surface area contributed by atoms with Gasteiger partial charge in [-0.15, -0.1) is 0 Å². The molecule has 5 nitrogen and oxygen atoms in total. The highest BCUT2D eigenvalue weighted by Crippen LogP contribution is 2.36. The van der Waals surface area contributed by atoms with E-state index in [1.165, 1.54) is 6.07 Å². The summed E-state index contributed by atoms with van der Waals surface area (Å²) in [5, 5.41) is 0.341. The van der Waals surface area contributed by atoms with E-state index in [0.29, 0.717) is 21.7 Å². The first-order valence-corrected chi connectivity index (χ1v) is 9.33. The number of aryl methyl sites for hydroxylation is 1. The number of halogens is 1. The van der Waals surface area contributed by atoms with Gasteiger partial charge in [0.2, 0.25) is 0 Å². The summed E-state index contributed by atoms with van der Waals surface area (Å²) in [6.07, 6.45) is 0. The molecule has 29 heavy (non-hydrogen) atoms. The largest absolute Gasteiger partial charge is 0.483 e. The van der Waals surface area contributed by atoms with Gasteiger partial charge < -0.3 is 4.74 Å². The molecule has 1 heterocycles. The highest BCUT2D eigenvalue weighted by molar-refractivity contribution is 6.36. The van der Waals surface area contributed by atoms with Crippen molar-refractivity contribution >= 4 is 34.9 Å². The van der Waals surface area contributed by atoms with E-state index >= 15 is 0 Å². The number of ketones is 1. The van der Waals surface area contributed by atoms with E-state index < -0.39 is 11.8 Å². The molecule has 1 aliphatic rings. The van der Waals surface area contributed by atoms with Gasteiger partial charge in [0.15, 0.2) is 12.4 Å². The van der Waals surface area contributed by atoms with E-state index in [4.69, 9.17) is 16.3 Å². The van der Waals surface area contributed by atoms with Gasteiger partial charge in [0.05, 0.1) is 16.8 Å². The molecule has 0 atom stereocenters. The van der Waals surface area contributed by atoms with Crippen molar-refractivity contribution in [3.05, 3.63) is 94.0 Å². The van der Waals surface area contributed by atoms with E-state index in [1.807, 2.05) is 19.1 Å². The van der Waals surface area contributed by atoms with Crippen molar-refractivity contribution in [1.29, 1.82) is 0 Å². The lowest BCUT2D eigenvalue weighted by molar-refractivity contribution is 0.0922. The van der Waals surface area contributed by atoms with Gasteiger partial charge in [-0.05, 0) is 37.3 Å². The van der Waals surface area contributed by atoms with Crippen LogP contribution in [0, 0.1) is 6.92 Å². The molecule has 144 valence electrons. The molecular weight excluding hydrogens is 390 g/mol. The molecule has 0 aromatic heterocycles. The standard InChI is InChI=1S/C23H16ClNO4/c1-14-6-8-15(9-7-14)20(26)13-29-21-11-10-16(24)12-19(21)25-22(27)17-4-2-3-5-18(17)23(25)28/h2-12H,13H2,1H3. The minimum absolute atomic E-state index is 0.209. The lowest BCUT2D eigenvalue weighted by atomic mass is 10.1. The Morgan fingerprint density at radius 2 is 1.55 bits per heavy atom. The monoisotopic (exact) mass is 405 g/mol.